The van der Waals surface area contributed by atoms with Crippen molar-refractivity contribution in [2.24, 2.45) is 0 Å². The molecule has 2 aliphatic heterocycles. The molecule has 1 aromatic carbocycles. The van der Waals surface area contributed by atoms with Crippen LogP contribution in [0.15, 0.2) is 41.0 Å². The second-order valence-electron chi connectivity index (χ2n) is 7.74. The monoisotopic (exact) mass is 419 g/mol. The molecule has 3 heterocycles. The number of hydrogen-bond acceptors (Lipinski definition) is 7. The average Bonchev–Trinajstić information content (AvgIpc) is 3.42. The number of benzene rings is 1. The van der Waals surface area contributed by atoms with E-state index in [2.05, 4.69) is 10.9 Å². The quantitative estimate of drug-likeness (QED) is 0.672. The van der Waals surface area contributed by atoms with Gasteiger partial charge in [-0.1, -0.05) is 18.2 Å². The number of amides is 1. The highest BCUT2D eigenvalue weighted by Gasteiger charge is 2.40. The molecule has 2 aliphatic rings. The minimum atomic E-state index is -3.13. The van der Waals surface area contributed by atoms with Crippen LogP contribution in [0.2, 0.25) is 0 Å². The van der Waals surface area contributed by atoms with Crippen LogP contribution < -0.4 is 10.9 Å². The lowest BCUT2D eigenvalue weighted by molar-refractivity contribution is -0.136. The summed E-state index contributed by atoms with van der Waals surface area (Å²) in [5.74, 6) is 0.721. The van der Waals surface area contributed by atoms with Gasteiger partial charge in [0.2, 0.25) is 5.91 Å². The summed E-state index contributed by atoms with van der Waals surface area (Å²) in [6.07, 6.45) is 2.41. The highest BCUT2D eigenvalue weighted by Crippen LogP contribution is 2.32. The van der Waals surface area contributed by atoms with Crippen molar-refractivity contribution < 1.29 is 22.7 Å². The molecule has 29 heavy (non-hydrogen) atoms. The van der Waals surface area contributed by atoms with Gasteiger partial charge in [0, 0.05) is 11.6 Å². The molecule has 8 nitrogen and oxygen atoms in total. The molecule has 3 unspecified atom stereocenters. The Kier molecular flexibility index (Phi) is 5.37. The van der Waals surface area contributed by atoms with E-state index in [0.717, 1.165) is 11.1 Å². The van der Waals surface area contributed by atoms with Gasteiger partial charge >= 0.3 is 0 Å². The van der Waals surface area contributed by atoms with Crippen molar-refractivity contribution in [2.45, 2.75) is 44.4 Å². The molecule has 3 N–H and O–H groups in total. The van der Waals surface area contributed by atoms with Gasteiger partial charge < -0.3 is 14.4 Å². The first kappa shape index (κ1) is 19.9. The Morgan fingerprint density at radius 2 is 2.10 bits per heavy atom. The predicted octanol–water partition coefficient (Wildman–Crippen LogP) is 1.42. The highest BCUT2D eigenvalue weighted by atomic mass is 32.2. The van der Waals surface area contributed by atoms with Crippen LogP contribution in [-0.2, 0) is 21.2 Å². The van der Waals surface area contributed by atoms with Crippen molar-refractivity contribution in [3.05, 3.63) is 53.5 Å². The van der Waals surface area contributed by atoms with Crippen LogP contribution in [0.4, 0.5) is 0 Å². The number of phenolic OH excluding ortho intramolecular Hbond substituents is 1. The Morgan fingerprint density at radius 1 is 1.28 bits per heavy atom. The van der Waals surface area contributed by atoms with E-state index in [0.29, 0.717) is 18.6 Å². The third-order valence-electron chi connectivity index (χ3n) is 5.68. The lowest BCUT2D eigenvalue weighted by Crippen LogP contribution is -2.49. The molecule has 1 amide bonds. The number of nitrogens with zero attached hydrogens (tertiary/aromatic N) is 1. The summed E-state index contributed by atoms with van der Waals surface area (Å²) < 4.78 is 29.4. The van der Waals surface area contributed by atoms with Gasteiger partial charge in [0.15, 0.2) is 9.84 Å². The fraction of sp³-hybridized carbons (Fsp3) is 0.450. The van der Waals surface area contributed by atoms with E-state index in [-0.39, 0.29) is 41.8 Å². The lowest BCUT2D eigenvalue weighted by atomic mass is 9.98. The first-order valence-electron chi connectivity index (χ1n) is 9.67. The topological polar surface area (TPSA) is 112 Å². The zero-order chi connectivity index (χ0) is 20.6. The Balaban J connectivity index is 1.52. The van der Waals surface area contributed by atoms with Crippen molar-refractivity contribution in [1.82, 2.24) is 15.8 Å². The maximum Gasteiger partial charge on any atom is 0.241 e. The summed E-state index contributed by atoms with van der Waals surface area (Å²) in [6, 6.07) is 7.93. The first-order valence-corrected chi connectivity index (χ1v) is 11.5. The van der Waals surface area contributed by atoms with E-state index in [4.69, 9.17) is 4.42 Å². The normalized spacial score (nSPS) is 25.9. The van der Waals surface area contributed by atoms with E-state index < -0.39 is 15.9 Å². The Labute approximate surface area is 169 Å². The number of aromatic hydroxyl groups is 1. The molecule has 2 saturated heterocycles. The van der Waals surface area contributed by atoms with Crippen molar-refractivity contribution in [2.75, 3.05) is 11.5 Å². The van der Waals surface area contributed by atoms with Crippen LogP contribution >= 0.6 is 0 Å². The van der Waals surface area contributed by atoms with Crippen LogP contribution in [-0.4, -0.2) is 47.9 Å². The number of sulfone groups is 1. The molecule has 0 saturated carbocycles. The summed E-state index contributed by atoms with van der Waals surface area (Å²) in [6.45, 7) is 2.06. The molecular formula is C20H25N3O5S. The molecule has 3 atom stereocenters. The molecule has 0 radical (unpaired) electrons. The number of hydrogen-bond donors (Lipinski definition) is 3. The number of carbonyl (C=O) groups is 1. The first-order chi connectivity index (χ1) is 13.8. The molecule has 0 bridgehead atoms. The zero-order valence-electron chi connectivity index (χ0n) is 16.2. The molecular weight excluding hydrogens is 394 g/mol. The number of nitrogens with one attached hydrogen (secondary N) is 2. The molecule has 4 rings (SSSR count). The second-order valence-corrected chi connectivity index (χ2v) is 9.97. The van der Waals surface area contributed by atoms with Crippen molar-refractivity contribution in [1.29, 1.82) is 0 Å². The van der Waals surface area contributed by atoms with E-state index >= 15 is 0 Å². The minimum absolute atomic E-state index is 0.0261. The van der Waals surface area contributed by atoms with Gasteiger partial charge in [0.05, 0.1) is 30.4 Å². The van der Waals surface area contributed by atoms with E-state index in [1.807, 2.05) is 25.1 Å². The lowest BCUT2D eigenvalue weighted by Gasteiger charge is -2.29. The van der Waals surface area contributed by atoms with Crippen LogP contribution in [0.1, 0.15) is 35.8 Å². The van der Waals surface area contributed by atoms with Gasteiger partial charge in [0.1, 0.15) is 17.6 Å². The van der Waals surface area contributed by atoms with Crippen LogP contribution in [0, 0.1) is 6.92 Å². The molecule has 156 valence electrons. The number of carbonyl (C=O) groups excluding carboxylic acids is 1. The minimum Gasteiger partial charge on any atom is -0.507 e. The largest absolute Gasteiger partial charge is 0.507 e. The third-order valence-corrected chi connectivity index (χ3v) is 7.43. The summed E-state index contributed by atoms with van der Waals surface area (Å²) in [7, 11) is -3.13. The Hall–Kier alpha value is -2.36. The SMILES string of the molecule is Cc1cccc(C2CC(C(=O)N(Cc3ccco3)C3CCS(=O)(=O)C3)NN2)c1O. The van der Waals surface area contributed by atoms with Gasteiger partial charge in [-0.15, -0.1) is 0 Å². The molecule has 0 aliphatic carbocycles. The van der Waals surface area contributed by atoms with E-state index in [9.17, 15) is 18.3 Å². The summed E-state index contributed by atoms with van der Waals surface area (Å²) >= 11 is 0. The fourth-order valence-electron chi connectivity index (χ4n) is 4.06. The maximum absolute atomic E-state index is 13.3. The second kappa shape index (κ2) is 7.81. The number of para-hydroxylation sites is 1. The van der Waals surface area contributed by atoms with Gasteiger partial charge in [-0.05, 0) is 37.5 Å². The zero-order valence-corrected chi connectivity index (χ0v) is 17.0. The molecule has 2 aromatic rings. The molecule has 2 fully saturated rings. The van der Waals surface area contributed by atoms with Crippen molar-refractivity contribution >= 4 is 15.7 Å². The number of furan rings is 1. The van der Waals surface area contributed by atoms with Crippen LogP contribution in [0.5, 0.6) is 5.75 Å². The smallest absolute Gasteiger partial charge is 0.241 e. The predicted molar refractivity (Wildman–Crippen MR) is 107 cm³/mol. The number of rotatable bonds is 5. The van der Waals surface area contributed by atoms with Gasteiger partial charge in [0.25, 0.3) is 0 Å². The highest BCUT2D eigenvalue weighted by molar-refractivity contribution is 7.91. The van der Waals surface area contributed by atoms with Gasteiger partial charge in [-0.2, -0.15) is 0 Å². The number of hydrazine groups is 1. The average molecular weight is 420 g/mol. The molecule has 0 spiro atoms. The summed E-state index contributed by atoms with van der Waals surface area (Å²) in [5.41, 5.74) is 7.62. The summed E-state index contributed by atoms with van der Waals surface area (Å²) in [4.78, 5) is 14.9. The van der Waals surface area contributed by atoms with Crippen LogP contribution in [0.25, 0.3) is 0 Å². The maximum atomic E-state index is 13.3. The fourth-order valence-corrected chi connectivity index (χ4v) is 5.79. The van der Waals surface area contributed by atoms with E-state index in [1.54, 1.807) is 17.0 Å². The number of phenols is 1. The molecule has 9 heteroatoms. The third kappa shape index (κ3) is 4.17. The standard InChI is InChI=1S/C20H25N3O5S/c1-13-4-2-6-16(19(13)24)17-10-18(22-21-17)20(25)23(11-15-5-3-8-28-15)14-7-9-29(26,27)12-14/h2-6,8,14,17-18,21-22,24H,7,9-12H2,1H3. The van der Waals surface area contributed by atoms with Gasteiger partial charge in [-0.25, -0.2) is 19.3 Å². The number of aryl methyl sites for hydroxylation is 1. The van der Waals surface area contributed by atoms with Crippen molar-refractivity contribution in [3.8, 4) is 5.75 Å². The Morgan fingerprint density at radius 3 is 2.79 bits per heavy atom. The van der Waals surface area contributed by atoms with Crippen LogP contribution in [0.3, 0.4) is 0 Å². The van der Waals surface area contributed by atoms with Gasteiger partial charge in [-0.3, -0.25) is 4.79 Å². The van der Waals surface area contributed by atoms with Crippen molar-refractivity contribution in [3.63, 3.8) is 0 Å². The summed E-state index contributed by atoms with van der Waals surface area (Å²) in [5, 5.41) is 10.4. The molecule has 1 aromatic heterocycles. The van der Waals surface area contributed by atoms with E-state index in [1.165, 1.54) is 6.26 Å². The Bertz CT molecular complexity index is 990.